The second-order valence-corrected chi connectivity index (χ2v) is 9.05. The van der Waals surface area contributed by atoms with E-state index < -0.39 is 10.0 Å². The lowest BCUT2D eigenvalue weighted by Gasteiger charge is -2.43. The van der Waals surface area contributed by atoms with Crippen molar-refractivity contribution in [3.05, 3.63) is 30.1 Å². The van der Waals surface area contributed by atoms with Gasteiger partial charge in [0.1, 0.15) is 5.82 Å². The van der Waals surface area contributed by atoms with Crippen LogP contribution in [0.25, 0.3) is 0 Å². The maximum Gasteiger partial charge on any atom is 0.213 e. The molecule has 0 radical (unpaired) electrons. The second kappa shape index (κ2) is 6.98. The van der Waals surface area contributed by atoms with Gasteiger partial charge in [-0.3, -0.25) is 0 Å². The minimum atomic E-state index is -3.20. The summed E-state index contributed by atoms with van der Waals surface area (Å²) >= 11 is 0. The molecule has 0 aliphatic carbocycles. The SMILES string of the molecule is CCS(=O)(=O)N1CCC[C@@]2(COCCN(c3cccc(F)c3)C2)C1. The summed E-state index contributed by atoms with van der Waals surface area (Å²) in [4.78, 5) is 2.12. The number of piperidine rings is 1. The van der Waals surface area contributed by atoms with E-state index in [4.69, 9.17) is 4.74 Å². The highest BCUT2D eigenvalue weighted by Crippen LogP contribution is 2.35. The van der Waals surface area contributed by atoms with Gasteiger partial charge in [-0.15, -0.1) is 0 Å². The summed E-state index contributed by atoms with van der Waals surface area (Å²) in [6, 6.07) is 6.56. The van der Waals surface area contributed by atoms with Crippen molar-refractivity contribution in [2.75, 3.05) is 50.0 Å². The highest BCUT2D eigenvalue weighted by atomic mass is 32.2. The Morgan fingerprint density at radius 2 is 2.12 bits per heavy atom. The predicted octanol–water partition coefficient (Wildman–Crippen LogP) is 2.09. The third-order valence-corrected chi connectivity index (χ3v) is 6.83. The van der Waals surface area contributed by atoms with Crippen molar-refractivity contribution >= 4 is 15.7 Å². The van der Waals surface area contributed by atoms with E-state index in [9.17, 15) is 12.8 Å². The second-order valence-electron chi connectivity index (χ2n) is 6.79. The fourth-order valence-corrected chi connectivity index (χ4v) is 4.96. The highest BCUT2D eigenvalue weighted by Gasteiger charge is 2.41. The number of hydrogen-bond acceptors (Lipinski definition) is 4. The molecule has 0 unspecified atom stereocenters. The Balaban J connectivity index is 1.83. The van der Waals surface area contributed by atoms with Crippen LogP contribution in [0.4, 0.5) is 10.1 Å². The van der Waals surface area contributed by atoms with E-state index in [1.807, 2.05) is 6.07 Å². The Hall–Kier alpha value is -1.18. The van der Waals surface area contributed by atoms with Gasteiger partial charge in [0, 0.05) is 37.3 Å². The number of halogens is 1. The molecule has 1 aromatic rings. The van der Waals surface area contributed by atoms with Crippen LogP contribution in [0.1, 0.15) is 19.8 Å². The van der Waals surface area contributed by atoms with Crippen LogP contribution in [0.3, 0.4) is 0 Å². The van der Waals surface area contributed by atoms with Gasteiger partial charge in [0.25, 0.3) is 0 Å². The molecule has 134 valence electrons. The lowest BCUT2D eigenvalue weighted by atomic mass is 9.81. The molecular weight excluding hydrogens is 331 g/mol. The first-order chi connectivity index (χ1) is 11.4. The van der Waals surface area contributed by atoms with E-state index in [1.165, 1.54) is 12.1 Å². The number of anilines is 1. The van der Waals surface area contributed by atoms with Crippen LogP contribution in [0, 0.1) is 11.2 Å². The average molecular weight is 356 g/mol. The molecule has 0 N–H and O–H groups in total. The molecule has 0 saturated carbocycles. The zero-order valence-electron chi connectivity index (χ0n) is 14.1. The maximum absolute atomic E-state index is 13.6. The molecule has 3 rings (SSSR count). The van der Waals surface area contributed by atoms with E-state index in [2.05, 4.69) is 4.90 Å². The van der Waals surface area contributed by atoms with E-state index in [0.29, 0.717) is 39.4 Å². The molecule has 2 aliphatic heterocycles. The smallest absolute Gasteiger partial charge is 0.213 e. The zero-order valence-corrected chi connectivity index (χ0v) is 14.9. The van der Waals surface area contributed by atoms with Gasteiger partial charge >= 0.3 is 0 Å². The summed E-state index contributed by atoms with van der Waals surface area (Å²) in [5.41, 5.74) is 0.596. The first kappa shape index (κ1) is 17.6. The Kier molecular flexibility index (Phi) is 5.13. The Morgan fingerprint density at radius 3 is 2.88 bits per heavy atom. The van der Waals surface area contributed by atoms with Gasteiger partial charge in [0.15, 0.2) is 0 Å². The number of sulfonamides is 1. The van der Waals surface area contributed by atoms with Crippen LogP contribution < -0.4 is 4.90 Å². The van der Waals surface area contributed by atoms with E-state index in [-0.39, 0.29) is 17.0 Å². The molecular formula is C17H25FN2O3S. The van der Waals surface area contributed by atoms with Gasteiger partial charge in [-0.2, -0.15) is 0 Å². The van der Waals surface area contributed by atoms with Gasteiger partial charge in [0.05, 0.1) is 19.0 Å². The number of rotatable bonds is 3. The van der Waals surface area contributed by atoms with E-state index in [0.717, 1.165) is 18.5 Å². The molecule has 2 aliphatic rings. The zero-order chi connectivity index (χ0) is 17.2. The van der Waals surface area contributed by atoms with Gasteiger partial charge in [-0.1, -0.05) is 6.07 Å². The number of hydrogen-bond donors (Lipinski definition) is 0. The summed E-state index contributed by atoms with van der Waals surface area (Å²) in [6.45, 7) is 5.23. The van der Waals surface area contributed by atoms with E-state index in [1.54, 1.807) is 17.3 Å². The molecule has 0 amide bonds. The molecule has 5 nitrogen and oxygen atoms in total. The van der Waals surface area contributed by atoms with Gasteiger partial charge in [-0.05, 0) is 38.0 Å². The summed E-state index contributed by atoms with van der Waals surface area (Å²) in [5, 5.41) is 0. The van der Waals surface area contributed by atoms with Crippen molar-refractivity contribution < 1.29 is 17.5 Å². The van der Waals surface area contributed by atoms with Gasteiger partial charge < -0.3 is 9.64 Å². The van der Waals surface area contributed by atoms with Crippen LogP contribution in [-0.2, 0) is 14.8 Å². The van der Waals surface area contributed by atoms with E-state index >= 15 is 0 Å². The molecule has 1 spiro atoms. The lowest BCUT2D eigenvalue weighted by molar-refractivity contribution is 0.0351. The van der Waals surface area contributed by atoms with Gasteiger partial charge in [-0.25, -0.2) is 17.1 Å². The van der Waals surface area contributed by atoms with Crippen LogP contribution in [0.2, 0.25) is 0 Å². The minimum absolute atomic E-state index is 0.123. The van der Waals surface area contributed by atoms with Crippen LogP contribution in [-0.4, -0.2) is 57.9 Å². The molecule has 24 heavy (non-hydrogen) atoms. The van der Waals surface area contributed by atoms with Crippen molar-refractivity contribution in [3.8, 4) is 0 Å². The number of benzene rings is 1. The summed E-state index contributed by atoms with van der Waals surface area (Å²) < 4.78 is 45.6. The molecule has 2 fully saturated rings. The molecule has 2 heterocycles. The standard InChI is InChI=1S/C17H25FN2O3S/c1-2-24(21,22)20-8-4-7-17(13-20)12-19(9-10-23-14-17)16-6-3-5-15(18)11-16/h3,5-6,11H,2,4,7-10,12-14H2,1H3/t17-/m0/s1. The largest absolute Gasteiger partial charge is 0.379 e. The Morgan fingerprint density at radius 1 is 1.29 bits per heavy atom. The average Bonchev–Trinajstić information content (AvgIpc) is 2.78. The Bertz CT molecular complexity index is 682. The van der Waals surface area contributed by atoms with Gasteiger partial charge in [0.2, 0.25) is 10.0 Å². The summed E-state index contributed by atoms with van der Waals surface area (Å²) in [7, 11) is -3.20. The third kappa shape index (κ3) is 3.73. The summed E-state index contributed by atoms with van der Waals surface area (Å²) in [5.74, 6) is -0.136. The maximum atomic E-state index is 13.6. The van der Waals surface area contributed by atoms with Crippen molar-refractivity contribution in [2.24, 2.45) is 5.41 Å². The van der Waals surface area contributed by atoms with Crippen LogP contribution in [0.15, 0.2) is 24.3 Å². The topological polar surface area (TPSA) is 49.9 Å². The molecule has 1 atom stereocenters. The fourth-order valence-electron chi connectivity index (χ4n) is 3.72. The normalized spacial score (nSPS) is 26.5. The molecule has 0 bridgehead atoms. The molecule has 0 aromatic heterocycles. The minimum Gasteiger partial charge on any atom is -0.379 e. The molecule has 7 heteroatoms. The molecule has 2 saturated heterocycles. The summed E-state index contributed by atoms with van der Waals surface area (Å²) in [6.07, 6.45) is 1.76. The first-order valence-corrected chi connectivity index (χ1v) is 10.1. The van der Waals surface area contributed by atoms with Crippen LogP contribution in [0.5, 0.6) is 0 Å². The predicted molar refractivity (Wildman–Crippen MR) is 92.1 cm³/mol. The fraction of sp³-hybridized carbons (Fsp3) is 0.647. The monoisotopic (exact) mass is 356 g/mol. The van der Waals surface area contributed by atoms with Crippen molar-refractivity contribution in [1.29, 1.82) is 0 Å². The third-order valence-electron chi connectivity index (χ3n) is 5.00. The number of ether oxygens (including phenoxy) is 1. The molecule has 1 aromatic carbocycles. The number of nitrogens with zero attached hydrogens (tertiary/aromatic N) is 2. The highest BCUT2D eigenvalue weighted by molar-refractivity contribution is 7.89. The lowest BCUT2D eigenvalue weighted by Crippen LogP contribution is -2.52. The van der Waals surface area contributed by atoms with Crippen molar-refractivity contribution in [3.63, 3.8) is 0 Å². The van der Waals surface area contributed by atoms with Crippen LogP contribution >= 0.6 is 0 Å². The van der Waals surface area contributed by atoms with Crippen molar-refractivity contribution in [1.82, 2.24) is 4.31 Å². The first-order valence-electron chi connectivity index (χ1n) is 8.50. The Labute approximate surface area is 143 Å². The quantitative estimate of drug-likeness (QED) is 0.832. The van der Waals surface area contributed by atoms with Crippen molar-refractivity contribution in [2.45, 2.75) is 19.8 Å².